The molecule has 0 amide bonds. The molecular formula is C15H17F3O2S3. The van der Waals surface area contributed by atoms with Crippen molar-refractivity contribution in [1.29, 1.82) is 0 Å². The highest BCUT2D eigenvalue weighted by Gasteiger charge is 2.30. The van der Waals surface area contributed by atoms with E-state index in [4.69, 9.17) is 0 Å². The van der Waals surface area contributed by atoms with Crippen LogP contribution in [0.2, 0.25) is 0 Å². The second kappa shape index (κ2) is 9.44. The quantitative estimate of drug-likeness (QED) is 0.351. The smallest absolute Gasteiger partial charge is 0.228 e. The molecule has 23 heavy (non-hydrogen) atoms. The molecule has 0 saturated carbocycles. The van der Waals surface area contributed by atoms with Crippen molar-refractivity contribution in [3.63, 3.8) is 0 Å². The van der Waals surface area contributed by atoms with Crippen LogP contribution in [0.5, 0.6) is 0 Å². The lowest BCUT2D eigenvalue weighted by Gasteiger charge is -2.07. The van der Waals surface area contributed by atoms with Gasteiger partial charge in [0.25, 0.3) is 0 Å². The number of rotatable bonds is 9. The van der Waals surface area contributed by atoms with Gasteiger partial charge in [0.2, 0.25) is 0 Å². The van der Waals surface area contributed by atoms with Gasteiger partial charge in [-0.2, -0.15) is 13.2 Å². The molecule has 0 atom stereocenters. The molecule has 0 unspecified atom stereocenters. The summed E-state index contributed by atoms with van der Waals surface area (Å²) in [5.41, 5.74) is -0.435. The Hall–Kier alpha value is -0.860. The molecule has 0 aromatic heterocycles. The minimum Gasteiger partial charge on any atom is -0.228 e. The Morgan fingerprint density at radius 2 is 1.65 bits per heavy atom. The lowest BCUT2D eigenvalue weighted by Crippen LogP contribution is -2.09. The van der Waals surface area contributed by atoms with Gasteiger partial charge in [-0.1, -0.05) is 51.9 Å². The third-order valence-corrected chi connectivity index (χ3v) is 6.28. The number of benzene rings is 1. The van der Waals surface area contributed by atoms with Crippen LogP contribution in [-0.4, -0.2) is 25.7 Å². The van der Waals surface area contributed by atoms with Crippen molar-refractivity contribution in [3.8, 4) is 0 Å². The van der Waals surface area contributed by atoms with Crippen LogP contribution in [0.15, 0.2) is 49.1 Å². The molecule has 0 spiro atoms. The number of hydrogen-bond donors (Lipinski definition) is 0. The van der Waals surface area contributed by atoms with Crippen molar-refractivity contribution < 1.29 is 21.6 Å². The van der Waals surface area contributed by atoms with E-state index in [0.717, 1.165) is 17.9 Å². The first-order chi connectivity index (χ1) is 10.7. The van der Waals surface area contributed by atoms with Gasteiger partial charge in [-0.05, 0) is 17.7 Å². The van der Waals surface area contributed by atoms with Crippen molar-refractivity contribution in [2.45, 2.75) is 11.9 Å². The van der Waals surface area contributed by atoms with E-state index in [2.05, 4.69) is 6.58 Å². The molecule has 0 aliphatic heterocycles. The molecular weight excluding hydrogens is 365 g/mol. The van der Waals surface area contributed by atoms with E-state index in [1.807, 2.05) is 0 Å². The Balaban J connectivity index is 2.48. The van der Waals surface area contributed by atoms with E-state index in [1.54, 1.807) is 39.8 Å². The van der Waals surface area contributed by atoms with Crippen LogP contribution < -0.4 is 0 Å². The standard InChI is InChI=1S/C15H17F3O2S3/c1-2-9-21-22-10-3-4-11-23(19,20)12-13-5-7-14(8-6-13)15(16,17)18/h2-8H,1,9-12H2/b4-3+. The van der Waals surface area contributed by atoms with Gasteiger partial charge < -0.3 is 0 Å². The summed E-state index contributed by atoms with van der Waals surface area (Å²) < 4.78 is 61.1. The molecule has 0 saturated heterocycles. The molecule has 1 aromatic rings. The second-order valence-electron chi connectivity index (χ2n) is 4.58. The number of alkyl halides is 3. The molecule has 1 rings (SSSR count). The van der Waals surface area contributed by atoms with Gasteiger partial charge in [-0.25, -0.2) is 8.42 Å². The number of hydrogen-bond acceptors (Lipinski definition) is 4. The first-order valence-corrected chi connectivity index (χ1v) is 10.9. The van der Waals surface area contributed by atoms with Gasteiger partial charge in [-0.3, -0.25) is 0 Å². The first-order valence-electron chi connectivity index (χ1n) is 6.61. The predicted octanol–water partition coefficient (Wildman–Crippen LogP) is 4.74. The Bertz CT molecular complexity index is 620. The summed E-state index contributed by atoms with van der Waals surface area (Å²) in [6.45, 7) is 3.59. The maximum atomic E-state index is 12.4. The molecule has 8 heteroatoms. The summed E-state index contributed by atoms with van der Waals surface area (Å²) in [6, 6.07) is 4.19. The Morgan fingerprint density at radius 1 is 1.04 bits per heavy atom. The van der Waals surface area contributed by atoms with E-state index < -0.39 is 21.6 Å². The minimum atomic E-state index is -4.42. The SMILES string of the molecule is C=CCSSC/C=C/CS(=O)(=O)Cc1ccc(C(F)(F)F)cc1. The van der Waals surface area contributed by atoms with Crippen LogP contribution in [0, 0.1) is 0 Å². The highest BCUT2D eigenvalue weighted by molar-refractivity contribution is 8.76. The van der Waals surface area contributed by atoms with E-state index >= 15 is 0 Å². The Morgan fingerprint density at radius 3 is 2.22 bits per heavy atom. The van der Waals surface area contributed by atoms with E-state index in [1.165, 1.54) is 12.1 Å². The third kappa shape index (κ3) is 8.53. The average Bonchev–Trinajstić information content (AvgIpc) is 2.45. The van der Waals surface area contributed by atoms with E-state index in [9.17, 15) is 21.6 Å². The molecule has 2 nitrogen and oxygen atoms in total. The second-order valence-corrected chi connectivity index (χ2v) is 9.24. The summed E-state index contributed by atoms with van der Waals surface area (Å²) in [6.07, 6.45) is 0.712. The Labute approximate surface area is 142 Å². The number of sulfone groups is 1. The summed E-state index contributed by atoms with van der Waals surface area (Å²) >= 11 is 0. The predicted molar refractivity (Wildman–Crippen MR) is 93.2 cm³/mol. The molecule has 0 radical (unpaired) electrons. The molecule has 0 bridgehead atoms. The monoisotopic (exact) mass is 382 g/mol. The lowest BCUT2D eigenvalue weighted by atomic mass is 10.1. The van der Waals surface area contributed by atoms with Crippen LogP contribution in [0.1, 0.15) is 11.1 Å². The van der Waals surface area contributed by atoms with E-state index in [-0.39, 0.29) is 11.5 Å². The van der Waals surface area contributed by atoms with Crippen LogP contribution in [-0.2, 0) is 21.8 Å². The molecule has 0 heterocycles. The normalized spacial score (nSPS) is 12.7. The van der Waals surface area contributed by atoms with Gasteiger partial charge in [0.05, 0.1) is 17.1 Å². The minimum absolute atomic E-state index is 0.124. The molecule has 128 valence electrons. The summed E-state index contributed by atoms with van der Waals surface area (Å²) in [4.78, 5) is 0. The van der Waals surface area contributed by atoms with Crippen molar-refractivity contribution in [2.75, 3.05) is 17.3 Å². The fourth-order valence-electron chi connectivity index (χ4n) is 1.57. The molecule has 0 fully saturated rings. The van der Waals surface area contributed by atoms with Crippen LogP contribution in [0.3, 0.4) is 0 Å². The molecule has 0 aliphatic rings. The lowest BCUT2D eigenvalue weighted by molar-refractivity contribution is -0.137. The van der Waals surface area contributed by atoms with Crippen molar-refractivity contribution in [1.82, 2.24) is 0 Å². The largest absolute Gasteiger partial charge is 0.416 e. The molecule has 0 N–H and O–H groups in total. The zero-order valence-corrected chi connectivity index (χ0v) is 14.7. The van der Waals surface area contributed by atoms with Crippen LogP contribution >= 0.6 is 21.6 Å². The Kier molecular flexibility index (Phi) is 8.28. The van der Waals surface area contributed by atoms with Gasteiger partial charge in [0.1, 0.15) is 0 Å². The van der Waals surface area contributed by atoms with Crippen molar-refractivity contribution >= 4 is 31.4 Å². The highest BCUT2D eigenvalue weighted by atomic mass is 33.1. The number of halogens is 3. The van der Waals surface area contributed by atoms with E-state index in [0.29, 0.717) is 11.3 Å². The third-order valence-electron chi connectivity index (χ3n) is 2.62. The molecule has 0 aliphatic carbocycles. The summed E-state index contributed by atoms with van der Waals surface area (Å²) in [5.74, 6) is 1.12. The van der Waals surface area contributed by atoms with Crippen molar-refractivity contribution in [3.05, 3.63) is 60.2 Å². The van der Waals surface area contributed by atoms with Crippen LogP contribution in [0.4, 0.5) is 13.2 Å². The summed E-state index contributed by atoms with van der Waals surface area (Å²) in [7, 11) is -0.164. The fourth-order valence-corrected chi connectivity index (χ4v) is 4.42. The highest BCUT2D eigenvalue weighted by Crippen LogP contribution is 2.29. The zero-order valence-electron chi connectivity index (χ0n) is 12.3. The van der Waals surface area contributed by atoms with Gasteiger partial charge in [-0.15, -0.1) is 6.58 Å². The average molecular weight is 382 g/mol. The first kappa shape index (κ1) is 20.2. The maximum Gasteiger partial charge on any atom is 0.416 e. The van der Waals surface area contributed by atoms with Gasteiger partial charge in [0.15, 0.2) is 9.84 Å². The van der Waals surface area contributed by atoms with Gasteiger partial charge in [0, 0.05) is 11.5 Å². The molecule has 1 aromatic carbocycles. The zero-order chi connectivity index (χ0) is 17.3. The maximum absolute atomic E-state index is 12.4. The van der Waals surface area contributed by atoms with Crippen LogP contribution in [0.25, 0.3) is 0 Å². The fraction of sp³-hybridized carbons (Fsp3) is 0.333. The van der Waals surface area contributed by atoms with Crippen molar-refractivity contribution in [2.24, 2.45) is 0 Å². The topological polar surface area (TPSA) is 34.1 Å². The van der Waals surface area contributed by atoms with Gasteiger partial charge >= 0.3 is 6.18 Å². The summed E-state index contributed by atoms with van der Waals surface area (Å²) in [5, 5.41) is 0.